The van der Waals surface area contributed by atoms with E-state index >= 15 is 0 Å². The van der Waals surface area contributed by atoms with Crippen LogP contribution >= 0.6 is 0 Å². The Balaban J connectivity index is 1.86. The van der Waals surface area contributed by atoms with Crippen LogP contribution in [0, 0.1) is 0 Å². The van der Waals surface area contributed by atoms with Crippen LogP contribution < -0.4 is 0 Å². The van der Waals surface area contributed by atoms with E-state index in [1.165, 1.54) is 43.4 Å². The number of hydrogen-bond acceptors (Lipinski definition) is 1. The fourth-order valence-corrected chi connectivity index (χ4v) is 3.55. The molecule has 1 atom stereocenters. The zero-order chi connectivity index (χ0) is 14.5. The zero-order valence-corrected chi connectivity index (χ0v) is 12.9. The maximum atomic E-state index is 2.56. The second-order valence-corrected chi connectivity index (χ2v) is 6.24. The molecule has 0 aromatic heterocycles. The first-order valence-corrected chi connectivity index (χ1v) is 8.15. The molecule has 0 aliphatic carbocycles. The summed E-state index contributed by atoms with van der Waals surface area (Å²) in [4.78, 5) is 2.56. The van der Waals surface area contributed by atoms with E-state index in [9.17, 15) is 0 Å². The lowest BCUT2D eigenvalue weighted by atomic mass is 9.83. The topological polar surface area (TPSA) is 3.24 Å². The summed E-state index contributed by atoms with van der Waals surface area (Å²) in [6.45, 7) is 1.25. The molecule has 1 fully saturated rings. The van der Waals surface area contributed by atoms with Crippen molar-refractivity contribution in [3.8, 4) is 0 Å². The van der Waals surface area contributed by atoms with Crippen LogP contribution in [-0.4, -0.2) is 24.5 Å². The Kier molecular flexibility index (Phi) is 4.72. The van der Waals surface area contributed by atoms with Gasteiger partial charge in [-0.05, 0) is 44.0 Å². The lowest BCUT2D eigenvalue weighted by Gasteiger charge is -2.35. The maximum absolute atomic E-state index is 2.56. The predicted molar refractivity (Wildman–Crippen MR) is 89.6 cm³/mol. The van der Waals surface area contributed by atoms with Gasteiger partial charge in [-0.1, -0.05) is 67.1 Å². The van der Waals surface area contributed by atoms with E-state index in [2.05, 4.69) is 72.6 Å². The van der Waals surface area contributed by atoms with Crippen molar-refractivity contribution in [2.24, 2.45) is 0 Å². The minimum Gasteiger partial charge on any atom is -0.303 e. The molecule has 2 aromatic carbocycles. The van der Waals surface area contributed by atoms with E-state index in [0.29, 0.717) is 12.0 Å². The summed E-state index contributed by atoms with van der Waals surface area (Å²) in [5.74, 6) is 0.512. The Bertz CT molecular complexity index is 495. The van der Waals surface area contributed by atoms with Crippen LogP contribution in [0.2, 0.25) is 0 Å². The molecule has 3 rings (SSSR count). The first-order chi connectivity index (χ1) is 10.3. The average molecular weight is 279 g/mol. The molecule has 1 aliphatic rings. The van der Waals surface area contributed by atoms with E-state index < -0.39 is 0 Å². The first-order valence-electron chi connectivity index (χ1n) is 8.15. The number of likely N-dealkylation sites (tertiary alicyclic amines) is 1. The van der Waals surface area contributed by atoms with Gasteiger partial charge in [0.25, 0.3) is 0 Å². The van der Waals surface area contributed by atoms with Gasteiger partial charge in [-0.3, -0.25) is 0 Å². The molecule has 1 unspecified atom stereocenters. The van der Waals surface area contributed by atoms with Gasteiger partial charge in [0.15, 0.2) is 0 Å². The zero-order valence-electron chi connectivity index (χ0n) is 12.9. The van der Waals surface area contributed by atoms with Crippen molar-refractivity contribution in [1.29, 1.82) is 0 Å². The molecule has 1 heteroatoms. The highest BCUT2D eigenvalue weighted by Crippen LogP contribution is 2.32. The van der Waals surface area contributed by atoms with Crippen molar-refractivity contribution >= 4 is 0 Å². The van der Waals surface area contributed by atoms with E-state index in [1.807, 2.05) is 0 Å². The summed E-state index contributed by atoms with van der Waals surface area (Å²) in [6, 6.07) is 22.7. The van der Waals surface area contributed by atoms with Gasteiger partial charge in [-0.2, -0.15) is 0 Å². The molecule has 1 saturated heterocycles. The van der Waals surface area contributed by atoms with Crippen molar-refractivity contribution in [2.45, 2.75) is 37.6 Å². The van der Waals surface area contributed by atoms with Crippen LogP contribution in [0.1, 0.15) is 42.7 Å². The third-order valence-electron chi connectivity index (χ3n) is 4.83. The Labute approximate surface area is 128 Å². The second kappa shape index (κ2) is 6.91. The van der Waals surface area contributed by atoms with Gasteiger partial charge in [0.05, 0.1) is 0 Å². The molecule has 21 heavy (non-hydrogen) atoms. The standard InChI is InChI=1S/C20H25N/c1-21-15-9-8-14-19(21)16-20(17-10-4-2-5-11-17)18-12-6-3-7-13-18/h2-7,10-13,19-20H,8-9,14-16H2,1H3. The van der Waals surface area contributed by atoms with Crippen LogP contribution in [-0.2, 0) is 0 Å². The lowest BCUT2D eigenvalue weighted by Crippen LogP contribution is -2.37. The highest BCUT2D eigenvalue weighted by molar-refractivity contribution is 5.32. The van der Waals surface area contributed by atoms with Crippen LogP contribution in [0.5, 0.6) is 0 Å². The normalized spacial score (nSPS) is 19.8. The molecule has 0 bridgehead atoms. The van der Waals surface area contributed by atoms with Gasteiger partial charge >= 0.3 is 0 Å². The van der Waals surface area contributed by atoms with Gasteiger partial charge in [0.2, 0.25) is 0 Å². The Morgan fingerprint density at radius 2 is 1.48 bits per heavy atom. The number of nitrogens with zero attached hydrogens (tertiary/aromatic N) is 1. The summed E-state index contributed by atoms with van der Waals surface area (Å²) in [7, 11) is 2.29. The first kappa shape index (κ1) is 14.3. The van der Waals surface area contributed by atoms with E-state index in [-0.39, 0.29) is 0 Å². The highest BCUT2D eigenvalue weighted by atomic mass is 15.1. The number of rotatable bonds is 4. The van der Waals surface area contributed by atoms with Crippen molar-refractivity contribution in [1.82, 2.24) is 4.90 Å². The van der Waals surface area contributed by atoms with E-state index in [1.54, 1.807) is 0 Å². The van der Waals surface area contributed by atoms with Crippen molar-refractivity contribution < 1.29 is 0 Å². The monoisotopic (exact) mass is 279 g/mol. The molecule has 0 radical (unpaired) electrons. The quantitative estimate of drug-likeness (QED) is 0.784. The van der Waals surface area contributed by atoms with Crippen LogP contribution in [0.3, 0.4) is 0 Å². The Morgan fingerprint density at radius 1 is 0.905 bits per heavy atom. The van der Waals surface area contributed by atoms with Gasteiger partial charge in [0, 0.05) is 12.0 Å². The summed E-state index contributed by atoms with van der Waals surface area (Å²) in [5, 5.41) is 0. The van der Waals surface area contributed by atoms with Crippen LogP contribution in [0.15, 0.2) is 60.7 Å². The van der Waals surface area contributed by atoms with Gasteiger partial charge in [-0.25, -0.2) is 0 Å². The minimum atomic E-state index is 0.512. The Morgan fingerprint density at radius 3 is 2.00 bits per heavy atom. The number of piperidine rings is 1. The second-order valence-electron chi connectivity index (χ2n) is 6.24. The molecular weight excluding hydrogens is 254 g/mol. The SMILES string of the molecule is CN1CCCCC1CC(c1ccccc1)c1ccccc1. The number of hydrogen-bond donors (Lipinski definition) is 0. The summed E-state index contributed by atoms with van der Waals surface area (Å²) < 4.78 is 0. The summed E-state index contributed by atoms with van der Waals surface area (Å²) in [5.41, 5.74) is 2.89. The molecule has 1 heterocycles. The van der Waals surface area contributed by atoms with E-state index in [0.717, 1.165) is 0 Å². The molecule has 0 spiro atoms. The molecule has 0 saturated carbocycles. The third kappa shape index (κ3) is 3.54. The average Bonchev–Trinajstić information content (AvgIpc) is 2.56. The predicted octanol–water partition coefficient (Wildman–Crippen LogP) is 4.69. The highest BCUT2D eigenvalue weighted by Gasteiger charge is 2.24. The van der Waals surface area contributed by atoms with Gasteiger partial charge in [0.1, 0.15) is 0 Å². The number of benzene rings is 2. The fourth-order valence-electron chi connectivity index (χ4n) is 3.55. The molecular formula is C20H25N. The lowest BCUT2D eigenvalue weighted by molar-refractivity contribution is 0.172. The molecule has 0 amide bonds. The molecule has 1 nitrogen and oxygen atoms in total. The largest absolute Gasteiger partial charge is 0.303 e. The molecule has 110 valence electrons. The molecule has 0 N–H and O–H groups in total. The third-order valence-corrected chi connectivity index (χ3v) is 4.83. The van der Waals surface area contributed by atoms with Crippen molar-refractivity contribution in [3.05, 3.63) is 71.8 Å². The smallest absolute Gasteiger partial charge is 0.0104 e. The molecule has 1 aliphatic heterocycles. The Hall–Kier alpha value is -1.60. The fraction of sp³-hybridized carbons (Fsp3) is 0.400. The van der Waals surface area contributed by atoms with Gasteiger partial charge < -0.3 is 4.90 Å². The van der Waals surface area contributed by atoms with Gasteiger partial charge in [-0.15, -0.1) is 0 Å². The summed E-state index contributed by atoms with van der Waals surface area (Å²) in [6.07, 6.45) is 5.30. The van der Waals surface area contributed by atoms with Crippen LogP contribution in [0.4, 0.5) is 0 Å². The molecule has 2 aromatic rings. The minimum absolute atomic E-state index is 0.512. The van der Waals surface area contributed by atoms with E-state index in [4.69, 9.17) is 0 Å². The summed E-state index contributed by atoms with van der Waals surface area (Å²) >= 11 is 0. The van der Waals surface area contributed by atoms with Crippen molar-refractivity contribution in [2.75, 3.05) is 13.6 Å². The maximum Gasteiger partial charge on any atom is 0.0104 e. The van der Waals surface area contributed by atoms with Crippen LogP contribution in [0.25, 0.3) is 0 Å². The van der Waals surface area contributed by atoms with Crippen molar-refractivity contribution in [3.63, 3.8) is 0 Å².